The van der Waals surface area contributed by atoms with Gasteiger partial charge in [0.25, 0.3) is 0 Å². The van der Waals surface area contributed by atoms with Gasteiger partial charge in [-0.25, -0.2) is 4.98 Å². The minimum absolute atomic E-state index is 0.311. The zero-order valence-electron chi connectivity index (χ0n) is 22.1. The molecule has 0 saturated heterocycles. The molecule has 196 valence electrons. The molecule has 1 aliphatic rings. The van der Waals surface area contributed by atoms with Gasteiger partial charge in [0.1, 0.15) is 11.6 Å². The Labute approximate surface area is 229 Å². The van der Waals surface area contributed by atoms with E-state index < -0.39 is 0 Å². The highest BCUT2D eigenvalue weighted by molar-refractivity contribution is 7.80. The lowest BCUT2D eigenvalue weighted by Crippen LogP contribution is -2.42. The number of aromatic nitrogens is 2. The van der Waals surface area contributed by atoms with Crippen LogP contribution in [0.3, 0.4) is 0 Å². The van der Waals surface area contributed by atoms with Crippen molar-refractivity contribution in [3.05, 3.63) is 72.8 Å². The predicted molar refractivity (Wildman–Crippen MR) is 161 cm³/mol. The first kappa shape index (κ1) is 25.7. The van der Waals surface area contributed by atoms with Crippen molar-refractivity contribution < 1.29 is 4.74 Å². The number of fused-ring (bicyclic) bond motifs is 1. The summed E-state index contributed by atoms with van der Waals surface area (Å²) in [4.78, 5) is 11.6. The molecule has 0 atom stereocenters. The van der Waals surface area contributed by atoms with Crippen LogP contribution in [0.15, 0.2) is 72.8 Å². The molecule has 1 saturated carbocycles. The predicted octanol–water partition coefficient (Wildman–Crippen LogP) is 6.08. The Bertz CT molecular complexity index is 1400. The Hall–Kier alpha value is -3.91. The number of thiocarbonyl (C=S) groups is 1. The standard InChI is InChI=1S/C30H34N6OS/c1-36(2)28-24-11-7-8-12-25(24)33-29(35-28)31-22-14-16-23(17-15-22)32-30(38)34-26-19-21(13-18-27(26)37-3)20-9-5-4-6-10-20/h4-13,18-19,22-23H,14-17H2,1-3H3,(H,31,33,35)(H2,32,34,38). The number of nitrogens with one attached hydrogen (secondary N) is 3. The second kappa shape index (κ2) is 11.6. The van der Waals surface area contributed by atoms with E-state index in [9.17, 15) is 0 Å². The number of para-hydroxylation sites is 1. The number of hydrogen-bond donors (Lipinski definition) is 3. The van der Waals surface area contributed by atoms with Gasteiger partial charge in [0.05, 0.1) is 18.3 Å². The molecule has 1 heterocycles. The van der Waals surface area contributed by atoms with Crippen molar-refractivity contribution >= 4 is 45.7 Å². The van der Waals surface area contributed by atoms with E-state index in [0.717, 1.165) is 65.0 Å². The van der Waals surface area contributed by atoms with Crippen LogP contribution >= 0.6 is 12.2 Å². The Kier molecular flexibility index (Phi) is 7.89. The summed E-state index contributed by atoms with van der Waals surface area (Å²) in [5, 5.41) is 12.1. The second-order valence-electron chi connectivity index (χ2n) is 9.85. The molecular formula is C30H34N6OS. The summed E-state index contributed by atoms with van der Waals surface area (Å²) in [6.07, 6.45) is 4.05. The average Bonchev–Trinajstić information content (AvgIpc) is 2.94. The van der Waals surface area contributed by atoms with Crippen LogP contribution < -0.4 is 25.6 Å². The quantitative estimate of drug-likeness (QED) is 0.250. The fraction of sp³-hybridized carbons (Fsp3) is 0.300. The van der Waals surface area contributed by atoms with Crippen molar-refractivity contribution in [1.29, 1.82) is 0 Å². The van der Waals surface area contributed by atoms with E-state index in [-0.39, 0.29) is 0 Å². The summed E-state index contributed by atoms with van der Waals surface area (Å²) >= 11 is 5.68. The number of nitrogens with zero attached hydrogens (tertiary/aromatic N) is 3. The average molecular weight is 527 g/mol. The van der Waals surface area contributed by atoms with Gasteiger partial charge in [-0.2, -0.15) is 4.98 Å². The van der Waals surface area contributed by atoms with Crippen molar-refractivity contribution in [3.63, 3.8) is 0 Å². The molecule has 1 fully saturated rings. The Morgan fingerprint density at radius 1 is 0.868 bits per heavy atom. The van der Waals surface area contributed by atoms with E-state index in [1.165, 1.54) is 0 Å². The monoisotopic (exact) mass is 526 g/mol. The fourth-order valence-corrected chi connectivity index (χ4v) is 5.27. The van der Waals surface area contributed by atoms with E-state index >= 15 is 0 Å². The van der Waals surface area contributed by atoms with Gasteiger partial charge >= 0.3 is 0 Å². The summed E-state index contributed by atoms with van der Waals surface area (Å²) < 4.78 is 5.57. The first-order valence-corrected chi connectivity index (χ1v) is 13.4. The Balaban J connectivity index is 1.18. The molecule has 7 nitrogen and oxygen atoms in total. The van der Waals surface area contributed by atoms with Crippen LogP contribution in [0.5, 0.6) is 5.75 Å². The maximum absolute atomic E-state index is 5.68. The van der Waals surface area contributed by atoms with E-state index in [0.29, 0.717) is 23.1 Å². The molecule has 5 rings (SSSR count). The van der Waals surface area contributed by atoms with Crippen molar-refractivity contribution in [1.82, 2.24) is 15.3 Å². The molecule has 0 spiro atoms. The molecule has 8 heteroatoms. The summed E-state index contributed by atoms with van der Waals surface area (Å²) in [6.45, 7) is 0. The third kappa shape index (κ3) is 5.97. The van der Waals surface area contributed by atoms with Crippen molar-refractivity contribution in [2.45, 2.75) is 37.8 Å². The SMILES string of the molecule is COc1ccc(-c2ccccc2)cc1NC(=S)NC1CCC(Nc2nc(N(C)C)c3ccccc3n2)CC1. The van der Waals surface area contributed by atoms with Gasteiger partial charge in [0, 0.05) is 31.6 Å². The Morgan fingerprint density at radius 3 is 2.32 bits per heavy atom. The third-order valence-corrected chi connectivity index (χ3v) is 7.18. The third-order valence-electron chi connectivity index (χ3n) is 6.96. The molecule has 0 radical (unpaired) electrons. The first-order chi connectivity index (χ1) is 18.5. The molecule has 38 heavy (non-hydrogen) atoms. The van der Waals surface area contributed by atoms with Crippen LogP contribution in [0.2, 0.25) is 0 Å². The van der Waals surface area contributed by atoms with Crippen LogP contribution in [-0.2, 0) is 0 Å². The number of anilines is 3. The van der Waals surface area contributed by atoms with Gasteiger partial charge in [0.15, 0.2) is 5.11 Å². The van der Waals surface area contributed by atoms with Gasteiger partial charge in [-0.05, 0) is 73.3 Å². The molecule has 3 N–H and O–H groups in total. The van der Waals surface area contributed by atoms with Gasteiger partial charge in [-0.15, -0.1) is 0 Å². The number of benzene rings is 3. The van der Waals surface area contributed by atoms with Crippen LogP contribution in [0.1, 0.15) is 25.7 Å². The topological polar surface area (TPSA) is 74.3 Å². The molecule has 3 aromatic carbocycles. The lowest BCUT2D eigenvalue weighted by atomic mass is 9.91. The van der Waals surface area contributed by atoms with Crippen LogP contribution in [0, 0.1) is 0 Å². The van der Waals surface area contributed by atoms with E-state index in [1.807, 2.05) is 61.5 Å². The molecule has 1 aliphatic carbocycles. The number of rotatable bonds is 7. The lowest BCUT2D eigenvalue weighted by molar-refractivity contribution is 0.387. The molecular weight excluding hydrogens is 492 g/mol. The zero-order valence-corrected chi connectivity index (χ0v) is 22.9. The lowest BCUT2D eigenvalue weighted by Gasteiger charge is -2.30. The minimum Gasteiger partial charge on any atom is -0.495 e. The minimum atomic E-state index is 0.311. The summed E-state index contributed by atoms with van der Waals surface area (Å²) in [6, 6.07) is 25.2. The van der Waals surface area contributed by atoms with Crippen LogP contribution in [0.25, 0.3) is 22.0 Å². The molecule has 1 aromatic heterocycles. The highest BCUT2D eigenvalue weighted by Gasteiger charge is 2.23. The van der Waals surface area contributed by atoms with Crippen molar-refractivity contribution in [3.8, 4) is 16.9 Å². The number of methoxy groups -OCH3 is 1. The first-order valence-electron chi connectivity index (χ1n) is 13.0. The maximum Gasteiger partial charge on any atom is 0.225 e. The van der Waals surface area contributed by atoms with Gasteiger partial charge in [-0.1, -0.05) is 48.5 Å². The summed E-state index contributed by atoms with van der Waals surface area (Å²) in [5.41, 5.74) is 4.06. The maximum atomic E-state index is 5.68. The van der Waals surface area contributed by atoms with Crippen molar-refractivity contribution in [2.75, 3.05) is 36.7 Å². The van der Waals surface area contributed by atoms with Crippen molar-refractivity contribution in [2.24, 2.45) is 0 Å². The molecule has 0 bridgehead atoms. The summed E-state index contributed by atoms with van der Waals surface area (Å²) in [7, 11) is 5.70. The smallest absolute Gasteiger partial charge is 0.225 e. The zero-order chi connectivity index (χ0) is 26.5. The van der Waals surface area contributed by atoms with E-state index in [1.54, 1.807) is 7.11 Å². The van der Waals surface area contributed by atoms with Crippen LogP contribution in [-0.4, -0.2) is 48.4 Å². The second-order valence-corrected chi connectivity index (χ2v) is 10.3. The van der Waals surface area contributed by atoms with E-state index in [4.69, 9.17) is 26.9 Å². The molecule has 0 aliphatic heterocycles. The molecule has 0 unspecified atom stereocenters. The molecule has 0 amide bonds. The highest BCUT2D eigenvalue weighted by atomic mass is 32.1. The largest absolute Gasteiger partial charge is 0.495 e. The van der Waals surface area contributed by atoms with Gasteiger partial charge in [0.2, 0.25) is 5.95 Å². The van der Waals surface area contributed by atoms with Crippen LogP contribution in [0.4, 0.5) is 17.5 Å². The highest BCUT2D eigenvalue weighted by Crippen LogP contribution is 2.31. The number of ether oxygens (including phenoxy) is 1. The normalized spacial score (nSPS) is 17.0. The fourth-order valence-electron chi connectivity index (χ4n) is 4.99. The van der Waals surface area contributed by atoms with Gasteiger partial charge in [-0.3, -0.25) is 0 Å². The summed E-state index contributed by atoms with van der Waals surface area (Å²) in [5.74, 6) is 2.37. The van der Waals surface area contributed by atoms with Gasteiger partial charge < -0.3 is 25.6 Å². The number of hydrogen-bond acceptors (Lipinski definition) is 6. The molecule has 4 aromatic rings. The van der Waals surface area contributed by atoms with E-state index in [2.05, 4.69) is 46.3 Å². The Morgan fingerprint density at radius 2 is 1.58 bits per heavy atom.